The van der Waals surface area contributed by atoms with Crippen molar-refractivity contribution in [2.45, 2.75) is 0 Å². The molecule has 0 saturated heterocycles. The maximum absolute atomic E-state index is 5.21. The van der Waals surface area contributed by atoms with Gasteiger partial charge in [0.2, 0.25) is 0 Å². The van der Waals surface area contributed by atoms with Crippen LogP contribution in [0.15, 0.2) is 40.4 Å². The van der Waals surface area contributed by atoms with E-state index in [-0.39, 0.29) is 0 Å². The number of nitrogens with zero attached hydrogens (tertiary/aromatic N) is 2. The molecule has 86 valence electrons. The molecule has 2 heterocycles. The van der Waals surface area contributed by atoms with Crippen molar-refractivity contribution in [1.29, 1.82) is 0 Å². The smallest absolute Gasteiger partial charge is 0.195 e. The van der Waals surface area contributed by atoms with Gasteiger partial charge in [-0.3, -0.25) is 4.40 Å². The number of methoxy groups -OCH3 is 1. The van der Waals surface area contributed by atoms with E-state index in [2.05, 4.69) is 20.9 Å². The second-order valence-electron chi connectivity index (χ2n) is 3.58. The largest absolute Gasteiger partial charge is 0.497 e. The van der Waals surface area contributed by atoms with Crippen LogP contribution in [0.1, 0.15) is 0 Å². The van der Waals surface area contributed by atoms with E-state index >= 15 is 0 Å². The van der Waals surface area contributed by atoms with Gasteiger partial charge in [0.15, 0.2) is 4.96 Å². The van der Waals surface area contributed by atoms with Crippen molar-refractivity contribution >= 4 is 32.2 Å². The molecule has 0 aliphatic carbocycles. The molecule has 0 saturated carbocycles. The summed E-state index contributed by atoms with van der Waals surface area (Å²) >= 11 is 5.06. The normalized spacial score (nSPS) is 10.9. The lowest BCUT2D eigenvalue weighted by molar-refractivity contribution is 0.415. The lowest BCUT2D eigenvalue weighted by Gasteiger charge is -2.01. The minimum atomic E-state index is 0.847. The summed E-state index contributed by atoms with van der Waals surface area (Å²) in [4.78, 5) is 5.56. The molecule has 3 nitrogen and oxygen atoms in total. The topological polar surface area (TPSA) is 26.5 Å². The fourth-order valence-electron chi connectivity index (χ4n) is 1.69. The molecule has 0 amide bonds. The molecule has 0 aliphatic rings. The van der Waals surface area contributed by atoms with Crippen molar-refractivity contribution < 1.29 is 4.74 Å². The third kappa shape index (κ3) is 1.96. The minimum Gasteiger partial charge on any atom is -0.497 e. The number of thiazole rings is 1. The molecule has 0 unspecified atom stereocenters. The first-order valence-electron chi connectivity index (χ1n) is 5.05. The SMILES string of the molecule is COc1cccc(-c2cn3cc(Br)sc3n2)c1. The monoisotopic (exact) mass is 308 g/mol. The van der Waals surface area contributed by atoms with Gasteiger partial charge in [0.25, 0.3) is 0 Å². The molecular weight excluding hydrogens is 300 g/mol. The van der Waals surface area contributed by atoms with Crippen LogP contribution in [0.3, 0.4) is 0 Å². The summed E-state index contributed by atoms with van der Waals surface area (Å²) in [5.74, 6) is 0.847. The van der Waals surface area contributed by atoms with Crippen molar-refractivity contribution in [2.75, 3.05) is 7.11 Å². The predicted octanol–water partition coefficient (Wildman–Crippen LogP) is 3.83. The minimum absolute atomic E-state index is 0.847. The highest BCUT2D eigenvalue weighted by molar-refractivity contribution is 9.11. The molecule has 0 fully saturated rings. The van der Waals surface area contributed by atoms with E-state index in [0.717, 1.165) is 25.8 Å². The van der Waals surface area contributed by atoms with E-state index in [1.807, 2.05) is 41.1 Å². The van der Waals surface area contributed by atoms with Gasteiger partial charge in [-0.1, -0.05) is 23.5 Å². The lowest BCUT2D eigenvalue weighted by Crippen LogP contribution is -1.83. The van der Waals surface area contributed by atoms with E-state index in [0.29, 0.717) is 0 Å². The fourth-order valence-corrected chi connectivity index (χ4v) is 3.04. The Morgan fingerprint density at radius 1 is 1.35 bits per heavy atom. The number of ether oxygens (including phenoxy) is 1. The first-order valence-corrected chi connectivity index (χ1v) is 6.66. The Labute approximate surface area is 111 Å². The van der Waals surface area contributed by atoms with E-state index in [1.165, 1.54) is 0 Å². The fraction of sp³-hybridized carbons (Fsp3) is 0.0833. The summed E-state index contributed by atoms with van der Waals surface area (Å²) in [6.45, 7) is 0. The molecule has 3 rings (SSSR count). The highest BCUT2D eigenvalue weighted by atomic mass is 79.9. The number of aromatic nitrogens is 2. The highest BCUT2D eigenvalue weighted by Crippen LogP contribution is 2.28. The van der Waals surface area contributed by atoms with Gasteiger partial charge in [0.1, 0.15) is 5.75 Å². The zero-order valence-corrected chi connectivity index (χ0v) is 11.5. The molecule has 5 heteroatoms. The third-order valence-electron chi connectivity index (χ3n) is 2.49. The van der Waals surface area contributed by atoms with Crippen molar-refractivity contribution in [3.8, 4) is 17.0 Å². The first kappa shape index (κ1) is 10.8. The Morgan fingerprint density at radius 3 is 3.00 bits per heavy atom. The molecule has 0 atom stereocenters. The van der Waals surface area contributed by atoms with Gasteiger partial charge in [-0.05, 0) is 28.1 Å². The third-order valence-corrected chi connectivity index (χ3v) is 3.97. The number of rotatable bonds is 2. The number of fused-ring (bicyclic) bond motifs is 1. The molecule has 0 N–H and O–H groups in total. The van der Waals surface area contributed by atoms with Gasteiger partial charge in [0.05, 0.1) is 16.6 Å². The first-order chi connectivity index (χ1) is 8.26. The zero-order valence-electron chi connectivity index (χ0n) is 9.05. The van der Waals surface area contributed by atoms with Crippen molar-refractivity contribution in [3.05, 3.63) is 40.4 Å². The van der Waals surface area contributed by atoms with Crippen LogP contribution in [0.2, 0.25) is 0 Å². The molecule has 2 aromatic heterocycles. The average molecular weight is 309 g/mol. The predicted molar refractivity (Wildman–Crippen MR) is 72.8 cm³/mol. The summed E-state index contributed by atoms with van der Waals surface area (Å²) in [6.07, 6.45) is 4.03. The van der Waals surface area contributed by atoms with E-state index in [4.69, 9.17) is 4.74 Å². The number of halogens is 1. The Kier molecular flexibility index (Phi) is 2.64. The Bertz CT molecular complexity index is 643. The average Bonchev–Trinajstić information content (AvgIpc) is 2.86. The van der Waals surface area contributed by atoms with Gasteiger partial charge in [-0.15, -0.1) is 0 Å². The van der Waals surface area contributed by atoms with Crippen LogP contribution in [0.25, 0.3) is 16.2 Å². The van der Waals surface area contributed by atoms with E-state index in [1.54, 1.807) is 18.4 Å². The van der Waals surface area contributed by atoms with Crippen molar-refractivity contribution in [2.24, 2.45) is 0 Å². The maximum Gasteiger partial charge on any atom is 0.195 e. The Balaban J connectivity index is 2.09. The zero-order chi connectivity index (χ0) is 11.8. The molecule has 0 radical (unpaired) electrons. The van der Waals surface area contributed by atoms with Crippen LogP contribution >= 0.6 is 27.3 Å². The maximum atomic E-state index is 5.21. The molecule has 0 bridgehead atoms. The van der Waals surface area contributed by atoms with Crippen LogP contribution in [0.4, 0.5) is 0 Å². The summed E-state index contributed by atoms with van der Waals surface area (Å²) < 4.78 is 8.31. The van der Waals surface area contributed by atoms with Gasteiger partial charge in [-0.2, -0.15) is 0 Å². The lowest BCUT2D eigenvalue weighted by atomic mass is 10.1. The second-order valence-corrected chi connectivity index (χ2v) is 5.97. The Hall–Kier alpha value is -1.33. The summed E-state index contributed by atoms with van der Waals surface area (Å²) in [5.41, 5.74) is 2.03. The van der Waals surface area contributed by atoms with Crippen LogP contribution in [-0.2, 0) is 0 Å². The van der Waals surface area contributed by atoms with Gasteiger partial charge in [0, 0.05) is 18.0 Å². The molecule has 0 spiro atoms. The van der Waals surface area contributed by atoms with Gasteiger partial charge in [-0.25, -0.2) is 4.98 Å². The second kappa shape index (κ2) is 4.16. The van der Waals surface area contributed by atoms with Crippen molar-refractivity contribution in [3.63, 3.8) is 0 Å². The summed E-state index contributed by atoms with van der Waals surface area (Å²) in [6, 6.07) is 7.92. The van der Waals surface area contributed by atoms with Crippen molar-refractivity contribution in [1.82, 2.24) is 9.38 Å². The molecule has 17 heavy (non-hydrogen) atoms. The van der Waals surface area contributed by atoms with Gasteiger partial charge < -0.3 is 4.74 Å². The Morgan fingerprint density at radius 2 is 2.24 bits per heavy atom. The number of benzene rings is 1. The molecular formula is C12H9BrN2OS. The van der Waals surface area contributed by atoms with Crippen LogP contribution in [0.5, 0.6) is 5.75 Å². The van der Waals surface area contributed by atoms with Crippen LogP contribution < -0.4 is 4.74 Å². The van der Waals surface area contributed by atoms with E-state index in [9.17, 15) is 0 Å². The number of hydrogen-bond acceptors (Lipinski definition) is 3. The van der Waals surface area contributed by atoms with E-state index < -0.39 is 0 Å². The molecule has 0 aliphatic heterocycles. The van der Waals surface area contributed by atoms with Gasteiger partial charge >= 0.3 is 0 Å². The summed E-state index contributed by atoms with van der Waals surface area (Å²) in [7, 11) is 1.67. The standard InChI is InChI=1S/C12H9BrN2OS/c1-16-9-4-2-3-8(5-9)10-6-15-7-11(13)17-12(15)14-10/h2-7H,1H3. The van der Waals surface area contributed by atoms with Crippen LogP contribution in [-0.4, -0.2) is 16.5 Å². The highest BCUT2D eigenvalue weighted by Gasteiger charge is 2.07. The summed E-state index contributed by atoms with van der Waals surface area (Å²) in [5, 5.41) is 0. The van der Waals surface area contributed by atoms with Crippen LogP contribution in [0, 0.1) is 0 Å². The quantitative estimate of drug-likeness (QED) is 0.719. The molecule has 3 aromatic rings. The molecule has 1 aromatic carbocycles. The number of hydrogen-bond donors (Lipinski definition) is 0. The number of imidazole rings is 1.